The molecular weight excluding hydrogens is 273 g/mol. The van der Waals surface area contributed by atoms with Crippen LogP contribution >= 0.6 is 15.9 Å². The molecule has 0 fully saturated rings. The molecule has 0 aliphatic rings. The van der Waals surface area contributed by atoms with Crippen LogP contribution in [0.2, 0.25) is 0 Å². The Morgan fingerprint density at radius 1 is 1.50 bits per heavy atom. The zero-order valence-corrected chi connectivity index (χ0v) is 11.2. The lowest BCUT2D eigenvalue weighted by molar-refractivity contribution is 0.0712. The highest BCUT2D eigenvalue weighted by atomic mass is 79.9. The summed E-state index contributed by atoms with van der Waals surface area (Å²) in [6.07, 6.45) is 0. The minimum Gasteiger partial charge on any atom is -0.336 e. The summed E-state index contributed by atoms with van der Waals surface area (Å²) in [5.41, 5.74) is 0.116. The van der Waals surface area contributed by atoms with Gasteiger partial charge in [0.05, 0.1) is 10.0 Å². The van der Waals surface area contributed by atoms with E-state index >= 15 is 0 Å². The van der Waals surface area contributed by atoms with Gasteiger partial charge >= 0.3 is 0 Å². The van der Waals surface area contributed by atoms with Crippen molar-refractivity contribution in [3.05, 3.63) is 34.1 Å². The van der Waals surface area contributed by atoms with E-state index in [2.05, 4.69) is 15.9 Å². The van der Waals surface area contributed by atoms with E-state index in [4.69, 9.17) is 0 Å². The van der Waals surface area contributed by atoms with Crippen molar-refractivity contribution < 1.29 is 9.18 Å². The first-order chi connectivity index (χ1) is 7.49. The zero-order chi connectivity index (χ0) is 12.3. The van der Waals surface area contributed by atoms with Gasteiger partial charge in [-0.2, -0.15) is 0 Å². The Hall–Kier alpha value is -0.900. The summed E-state index contributed by atoms with van der Waals surface area (Å²) in [6.45, 7) is 6.28. The lowest BCUT2D eigenvalue weighted by atomic mass is 10.1. The van der Waals surface area contributed by atoms with E-state index in [-0.39, 0.29) is 17.5 Å². The highest BCUT2D eigenvalue weighted by Gasteiger charge is 2.21. The molecule has 1 aromatic rings. The molecule has 4 heteroatoms. The van der Waals surface area contributed by atoms with Crippen molar-refractivity contribution in [1.29, 1.82) is 0 Å². The molecule has 0 unspecified atom stereocenters. The van der Waals surface area contributed by atoms with Crippen LogP contribution in [0.15, 0.2) is 22.7 Å². The van der Waals surface area contributed by atoms with Gasteiger partial charge in [-0.05, 0) is 48.8 Å². The number of nitrogens with zero attached hydrogens (tertiary/aromatic N) is 1. The Kier molecular flexibility index (Phi) is 4.47. The fourth-order valence-corrected chi connectivity index (χ4v) is 1.93. The number of hydrogen-bond donors (Lipinski definition) is 0. The van der Waals surface area contributed by atoms with Crippen LogP contribution in [-0.4, -0.2) is 23.4 Å². The third kappa shape index (κ3) is 2.61. The normalized spacial score (nSPS) is 10.6. The van der Waals surface area contributed by atoms with E-state index in [0.717, 1.165) is 0 Å². The molecule has 16 heavy (non-hydrogen) atoms. The monoisotopic (exact) mass is 287 g/mol. The molecule has 1 rings (SSSR count). The average Bonchev–Trinajstić information content (AvgIpc) is 2.22. The molecule has 0 atom stereocenters. The molecule has 0 aliphatic carbocycles. The van der Waals surface area contributed by atoms with Gasteiger partial charge in [-0.25, -0.2) is 4.39 Å². The van der Waals surface area contributed by atoms with Crippen LogP contribution in [0.1, 0.15) is 31.1 Å². The zero-order valence-electron chi connectivity index (χ0n) is 9.63. The summed E-state index contributed by atoms with van der Waals surface area (Å²) in [4.78, 5) is 13.7. The summed E-state index contributed by atoms with van der Waals surface area (Å²) in [7, 11) is 0. The van der Waals surface area contributed by atoms with Gasteiger partial charge in [0.1, 0.15) is 5.82 Å². The molecule has 0 saturated heterocycles. The van der Waals surface area contributed by atoms with Gasteiger partial charge in [-0.3, -0.25) is 4.79 Å². The number of halogens is 2. The number of hydrogen-bond acceptors (Lipinski definition) is 1. The molecule has 0 aromatic heterocycles. The summed E-state index contributed by atoms with van der Waals surface area (Å²) < 4.78 is 14.0. The molecule has 2 nitrogen and oxygen atoms in total. The van der Waals surface area contributed by atoms with Crippen LogP contribution < -0.4 is 0 Å². The first kappa shape index (κ1) is 13.2. The highest BCUT2D eigenvalue weighted by Crippen LogP contribution is 2.20. The maximum Gasteiger partial charge on any atom is 0.257 e. The third-order valence-electron chi connectivity index (χ3n) is 2.41. The Balaban J connectivity index is 3.09. The van der Waals surface area contributed by atoms with E-state index < -0.39 is 5.82 Å². The first-order valence-electron chi connectivity index (χ1n) is 5.24. The van der Waals surface area contributed by atoms with E-state index in [1.54, 1.807) is 17.0 Å². The van der Waals surface area contributed by atoms with Crippen LogP contribution in [0.25, 0.3) is 0 Å². The maximum atomic E-state index is 13.7. The average molecular weight is 288 g/mol. The number of carbonyl (C=O) groups is 1. The van der Waals surface area contributed by atoms with Crippen molar-refractivity contribution in [1.82, 2.24) is 4.90 Å². The van der Waals surface area contributed by atoms with E-state index in [9.17, 15) is 9.18 Å². The van der Waals surface area contributed by atoms with Crippen molar-refractivity contribution in [2.45, 2.75) is 26.8 Å². The SMILES string of the molecule is CCN(C(=O)c1cccc(Br)c1F)C(C)C. The highest BCUT2D eigenvalue weighted by molar-refractivity contribution is 9.10. The van der Waals surface area contributed by atoms with Gasteiger partial charge < -0.3 is 4.90 Å². The lowest BCUT2D eigenvalue weighted by Gasteiger charge is -2.25. The second kappa shape index (κ2) is 5.43. The number of amides is 1. The Morgan fingerprint density at radius 2 is 2.12 bits per heavy atom. The molecule has 0 spiro atoms. The van der Waals surface area contributed by atoms with Crippen molar-refractivity contribution in [3.8, 4) is 0 Å². The van der Waals surface area contributed by atoms with Crippen LogP contribution in [0.4, 0.5) is 4.39 Å². The Labute approximate surface area is 104 Å². The summed E-state index contributed by atoms with van der Waals surface area (Å²) >= 11 is 3.08. The van der Waals surface area contributed by atoms with Crippen LogP contribution in [0.5, 0.6) is 0 Å². The summed E-state index contributed by atoms with van der Waals surface area (Å²) in [6, 6.07) is 4.82. The molecule has 88 valence electrons. The topological polar surface area (TPSA) is 20.3 Å². The second-order valence-electron chi connectivity index (χ2n) is 3.79. The second-order valence-corrected chi connectivity index (χ2v) is 4.64. The predicted octanol–water partition coefficient (Wildman–Crippen LogP) is 3.46. The Morgan fingerprint density at radius 3 is 2.62 bits per heavy atom. The minimum atomic E-state index is -0.494. The van der Waals surface area contributed by atoms with E-state index in [1.807, 2.05) is 20.8 Å². The predicted molar refractivity (Wildman–Crippen MR) is 65.9 cm³/mol. The molecule has 0 aliphatic heterocycles. The summed E-state index contributed by atoms with van der Waals surface area (Å²) in [5, 5.41) is 0. The molecule has 1 aromatic carbocycles. The van der Waals surface area contributed by atoms with Gasteiger partial charge in [0, 0.05) is 12.6 Å². The molecule has 0 N–H and O–H groups in total. The fraction of sp³-hybridized carbons (Fsp3) is 0.417. The molecular formula is C12H15BrFNO. The first-order valence-corrected chi connectivity index (χ1v) is 6.03. The van der Waals surface area contributed by atoms with Crippen molar-refractivity contribution in [3.63, 3.8) is 0 Å². The lowest BCUT2D eigenvalue weighted by Crippen LogP contribution is -2.37. The Bertz CT molecular complexity index is 393. The molecule has 1 amide bonds. The third-order valence-corrected chi connectivity index (χ3v) is 3.02. The van der Waals surface area contributed by atoms with E-state index in [1.165, 1.54) is 6.07 Å². The molecule has 0 bridgehead atoms. The molecule has 0 saturated carbocycles. The quantitative estimate of drug-likeness (QED) is 0.834. The van der Waals surface area contributed by atoms with Crippen LogP contribution in [0, 0.1) is 5.82 Å². The number of carbonyl (C=O) groups excluding carboxylic acids is 1. The number of rotatable bonds is 3. The van der Waals surface area contributed by atoms with Crippen LogP contribution in [-0.2, 0) is 0 Å². The van der Waals surface area contributed by atoms with Gasteiger partial charge in [0.2, 0.25) is 0 Å². The molecule has 0 radical (unpaired) electrons. The van der Waals surface area contributed by atoms with Crippen molar-refractivity contribution in [2.24, 2.45) is 0 Å². The van der Waals surface area contributed by atoms with Gasteiger partial charge in [-0.15, -0.1) is 0 Å². The van der Waals surface area contributed by atoms with Gasteiger partial charge in [0.25, 0.3) is 5.91 Å². The minimum absolute atomic E-state index is 0.0656. The maximum absolute atomic E-state index is 13.7. The smallest absolute Gasteiger partial charge is 0.257 e. The van der Waals surface area contributed by atoms with Crippen molar-refractivity contribution in [2.75, 3.05) is 6.54 Å². The van der Waals surface area contributed by atoms with Crippen molar-refractivity contribution >= 4 is 21.8 Å². The standard InChI is InChI=1S/C12H15BrFNO/c1-4-15(8(2)3)12(16)9-6-5-7-10(13)11(9)14/h5-8H,4H2,1-3H3. The van der Waals surface area contributed by atoms with Gasteiger partial charge in [-0.1, -0.05) is 6.07 Å². The molecule has 0 heterocycles. The summed E-state index contributed by atoms with van der Waals surface area (Å²) in [5.74, 6) is -0.761. The largest absolute Gasteiger partial charge is 0.336 e. The van der Waals surface area contributed by atoms with Crippen LogP contribution in [0.3, 0.4) is 0 Å². The van der Waals surface area contributed by atoms with Gasteiger partial charge in [0.15, 0.2) is 0 Å². The fourth-order valence-electron chi connectivity index (χ4n) is 1.57. The number of benzene rings is 1. The van der Waals surface area contributed by atoms with E-state index in [0.29, 0.717) is 11.0 Å².